The van der Waals surface area contributed by atoms with Crippen molar-refractivity contribution in [3.05, 3.63) is 51.6 Å². The highest BCUT2D eigenvalue weighted by Crippen LogP contribution is 2.31. The van der Waals surface area contributed by atoms with Crippen LogP contribution in [0, 0.1) is 3.57 Å². The fourth-order valence-electron chi connectivity index (χ4n) is 1.88. The molecule has 0 saturated carbocycles. The first-order valence-electron chi connectivity index (χ1n) is 6.80. The number of ether oxygens (including phenoxy) is 3. The summed E-state index contributed by atoms with van der Waals surface area (Å²) in [5, 5.41) is 3.89. The van der Waals surface area contributed by atoms with E-state index in [1.165, 1.54) is 6.21 Å². The molecule has 7 heteroatoms. The number of amides is 1. The SMILES string of the molecule is O=C(COc1ccc(I)cc1)N/N=C\c1ccc2c(c1)OCO2. The minimum atomic E-state index is -0.333. The van der Waals surface area contributed by atoms with Gasteiger partial charge >= 0.3 is 0 Å². The Morgan fingerprint density at radius 2 is 2.00 bits per heavy atom. The molecule has 0 spiro atoms. The van der Waals surface area contributed by atoms with Gasteiger partial charge in [0.05, 0.1) is 6.21 Å². The number of hydrazone groups is 1. The lowest BCUT2D eigenvalue weighted by molar-refractivity contribution is -0.123. The highest BCUT2D eigenvalue weighted by atomic mass is 127. The molecule has 0 aliphatic carbocycles. The van der Waals surface area contributed by atoms with Crippen molar-refractivity contribution in [2.75, 3.05) is 13.4 Å². The maximum Gasteiger partial charge on any atom is 0.277 e. The van der Waals surface area contributed by atoms with Gasteiger partial charge in [0, 0.05) is 3.57 Å². The standard InChI is InChI=1S/C16H13IN2O4/c17-12-2-4-13(5-3-12)21-9-16(20)19-18-8-11-1-6-14-15(7-11)23-10-22-14/h1-8H,9-10H2,(H,19,20)/b18-8-. The van der Waals surface area contributed by atoms with Crippen LogP contribution in [0.15, 0.2) is 47.6 Å². The number of hydrogen-bond donors (Lipinski definition) is 1. The van der Waals surface area contributed by atoms with Gasteiger partial charge in [-0.1, -0.05) is 0 Å². The molecule has 1 aliphatic heterocycles. The quantitative estimate of drug-likeness (QED) is 0.455. The molecule has 3 rings (SSSR count). The first kappa shape index (κ1) is 15.6. The Balaban J connectivity index is 1.47. The summed E-state index contributed by atoms with van der Waals surface area (Å²) in [5.41, 5.74) is 3.21. The minimum Gasteiger partial charge on any atom is -0.484 e. The van der Waals surface area contributed by atoms with Crippen molar-refractivity contribution >= 4 is 34.7 Å². The van der Waals surface area contributed by atoms with Gasteiger partial charge in [0.25, 0.3) is 5.91 Å². The molecule has 6 nitrogen and oxygen atoms in total. The third-order valence-corrected chi connectivity index (χ3v) is 3.70. The summed E-state index contributed by atoms with van der Waals surface area (Å²) in [6, 6.07) is 12.9. The van der Waals surface area contributed by atoms with Crippen molar-refractivity contribution in [3.63, 3.8) is 0 Å². The van der Waals surface area contributed by atoms with E-state index in [0.29, 0.717) is 17.2 Å². The zero-order chi connectivity index (χ0) is 16.1. The van der Waals surface area contributed by atoms with E-state index in [4.69, 9.17) is 14.2 Å². The number of nitrogens with zero attached hydrogens (tertiary/aromatic N) is 1. The van der Waals surface area contributed by atoms with Crippen molar-refractivity contribution in [1.82, 2.24) is 5.43 Å². The lowest BCUT2D eigenvalue weighted by atomic mass is 10.2. The molecule has 0 bridgehead atoms. The molecule has 0 atom stereocenters. The third-order valence-electron chi connectivity index (χ3n) is 2.98. The van der Waals surface area contributed by atoms with Gasteiger partial charge in [-0.05, 0) is 70.6 Å². The molecule has 1 amide bonds. The first-order chi connectivity index (χ1) is 11.2. The average molecular weight is 424 g/mol. The van der Waals surface area contributed by atoms with Crippen LogP contribution in [0.5, 0.6) is 17.2 Å². The molecular formula is C16H13IN2O4. The monoisotopic (exact) mass is 424 g/mol. The number of fused-ring (bicyclic) bond motifs is 1. The Morgan fingerprint density at radius 3 is 2.83 bits per heavy atom. The molecule has 0 unspecified atom stereocenters. The number of carbonyl (C=O) groups is 1. The smallest absolute Gasteiger partial charge is 0.277 e. The van der Waals surface area contributed by atoms with E-state index in [1.807, 2.05) is 30.3 Å². The van der Waals surface area contributed by atoms with Gasteiger partial charge in [-0.15, -0.1) is 0 Å². The van der Waals surface area contributed by atoms with Crippen molar-refractivity contribution in [3.8, 4) is 17.2 Å². The summed E-state index contributed by atoms with van der Waals surface area (Å²) in [6.45, 7) is 0.127. The number of nitrogens with one attached hydrogen (secondary N) is 1. The van der Waals surface area contributed by atoms with Crippen LogP contribution in [0.25, 0.3) is 0 Å². The zero-order valence-corrected chi connectivity index (χ0v) is 14.1. The van der Waals surface area contributed by atoms with E-state index in [1.54, 1.807) is 12.1 Å². The molecule has 0 fully saturated rings. The maximum absolute atomic E-state index is 11.7. The first-order valence-corrected chi connectivity index (χ1v) is 7.88. The fourth-order valence-corrected chi connectivity index (χ4v) is 2.24. The molecule has 1 N–H and O–H groups in total. The lowest BCUT2D eigenvalue weighted by Crippen LogP contribution is -2.24. The van der Waals surface area contributed by atoms with Gasteiger partial charge in [0.2, 0.25) is 6.79 Å². The van der Waals surface area contributed by atoms with E-state index in [2.05, 4.69) is 33.1 Å². The summed E-state index contributed by atoms with van der Waals surface area (Å²) < 4.78 is 17.0. The van der Waals surface area contributed by atoms with Crippen LogP contribution < -0.4 is 19.6 Å². The maximum atomic E-state index is 11.7. The summed E-state index contributed by atoms with van der Waals surface area (Å²) in [5.74, 6) is 1.68. The number of carbonyl (C=O) groups excluding carboxylic acids is 1. The number of hydrogen-bond acceptors (Lipinski definition) is 5. The molecule has 2 aromatic carbocycles. The van der Waals surface area contributed by atoms with Crippen LogP contribution in [0.3, 0.4) is 0 Å². The Labute approximate surface area is 146 Å². The van der Waals surface area contributed by atoms with Crippen LogP contribution in [0.1, 0.15) is 5.56 Å². The van der Waals surface area contributed by atoms with Crippen LogP contribution in [-0.2, 0) is 4.79 Å². The Kier molecular flexibility index (Phi) is 4.96. The minimum absolute atomic E-state index is 0.0981. The van der Waals surface area contributed by atoms with E-state index in [-0.39, 0.29) is 19.3 Å². The van der Waals surface area contributed by atoms with Gasteiger partial charge in [-0.3, -0.25) is 4.79 Å². The van der Waals surface area contributed by atoms with Gasteiger partial charge in [-0.2, -0.15) is 5.10 Å². The van der Waals surface area contributed by atoms with E-state index in [9.17, 15) is 4.79 Å². The van der Waals surface area contributed by atoms with Gasteiger partial charge < -0.3 is 14.2 Å². The molecule has 2 aromatic rings. The summed E-state index contributed by atoms with van der Waals surface area (Å²) in [7, 11) is 0. The summed E-state index contributed by atoms with van der Waals surface area (Å²) >= 11 is 2.20. The second-order valence-electron chi connectivity index (χ2n) is 4.65. The molecule has 0 saturated heterocycles. The average Bonchev–Trinajstić information content (AvgIpc) is 3.02. The molecule has 1 heterocycles. The van der Waals surface area contributed by atoms with E-state index >= 15 is 0 Å². The van der Waals surface area contributed by atoms with Crippen molar-refractivity contribution in [2.24, 2.45) is 5.10 Å². The second-order valence-corrected chi connectivity index (χ2v) is 5.89. The van der Waals surface area contributed by atoms with Crippen LogP contribution in [-0.4, -0.2) is 25.5 Å². The van der Waals surface area contributed by atoms with E-state index in [0.717, 1.165) is 9.13 Å². The third kappa shape index (κ3) is 4.35. The van der Waals surface area contributed by atoms with E-state index < -0.39 is 0 Å². The van der Waals surface area contributed by atoms with Crippen LogP contribution >= 0.6 is 22.6 Å². The van der Waals surface area contributed by atoms with Gasteiger partial charge in [-0.25, -0.2) is 5.43 Å². The lowest BCUT2D eigenvalue weighted by Gasteiger charge is -2.04. The predicted molar refractivity (Wildman–Crippen MR) is 93.0 cm³/mol. The summed E-state index contributed by atoms with van der Waals surface area (Å²) in [6.07, 6.45) is 1.53. The molecule has 0 radical (unpaired) electrons. The van der Waals surface area contributed by atoms with Crippen LogP contribution in [0.4, 0.5) is 0 Å². The Morgan fingerprint density at radius 1 is 1.22 bits per heavy atom. The topological polar surface area (TPSA) is 69.2 Å². The fraction of sp³-hybridized carbons (Fsp3) is 0.125. The number of benzene rings is 2. The summed E-state index contributed by atoms with van der Waals surface area (Å²) in [4.78, 5) is 11.7. The molecule has 23 heavy (non-hydrogen) atoms. The predicted octanol–water partition coefficient (Wildman–Crippen LogP) is 2.55. The van der Waals surface area contributed by atoms with Gasteiger partial charge in [0.1, 0.15) is 5.75 Å². The zero-order valence-electron chi connectivity index (χ0n) is 12.0. The van der Waals surface area contributed by atoms with Crippen LogP contribution in [0.2, 0.25) is 0 Å². The Hall–Kier alpha value is -2.29. The molecular weight excluding hydrogens is 411 g/mol. The molecule has 1 aliphatic rings. The highest BCUT2D eigenvalue weighted by molar-refractivity contribution is 14.1. The van der Waals surface area contributed by atoms with Crippen molar-refractivity contribution < 1.29 is 19.0 Å². The molecule has 0 aromatic heterocycles. The van der Waals surface area contributed by atoms with Crippen molar-refractivity contribution in [2.45, 2.75) is 0 Å². The van der Waals surface area contributed by atoms with Gasteiger partial charge in [0.15, 0.2) is 18.1 Å². The normalized spacial score (nSPS) is 12.4. The Bertz CT molecular complexity index is 731. The largest absolute Gasteiger partial charge is 0.484 e. The highest BCUT2D eigenvalue weighted by Gasteiger charge is 2.12. The second kappa shape index (κ2) is 7.32. The van der Waals surface area contributed by atoms with Crippen molar-refractivity contribution in [1.29, 1.82) is 0 Å². The molecule has 118 valence electrons. The number of rotatable bonds is 5. The number of halogens is 1.